The standard InChI is InChI=1S/C15H18N2O5S/c1-2-3-5-17-12-7-11(15(18)19)8-13(23(16,20)21)14(12)10-4-6-22-9-10/h4,6-9,17H,2-3,5H2,1H3,(H,18,19)(H2,16,20,21). The summed E-state index contributed by atoms with van der Waals surface area (Å²) in [6.45, 7) is 2.59. The minimum atomic E-state index is -4.11. The van der Waals surface area contributed by atoms with E-state index in [0.29, 0.717) is 23.4 Å². The fourth-order valence-corrected chi connectivity index (χ4v) is 3.01. The zero-order chi connectivity index (χ0) is 17.0. The van der Waals surface area contributed by atoms with Crippen LogP contribution < -0.4 is 10.5 Å². The number of rotatable bonds is 7. The summed E-state index contributed by atoms with van der Waals surface area (Å²) in [5, 5.41) is 17.6. The summed E-state index contributed by atoms with van der Waals surface area (Å²) in [6, 6.07) is 4.05. The van der Waals surface area contributed by atoms with Crippen molar-refractivity contribution in [2.45, 2.75) is 24.7 Å². The number of nitrogens with two attached hydrogens (primary N) is 1. The highest BCUT2D eigenvalue weighted by Crippen LogP contribution is 2.35. The first kappa shape index (κ1) is 17.0. The van der Waals surface area contributed by atoms with Crippen LogP contribution in [0.2, 0.25) is 0 Å². The second-order valence-corrected chi connectivity index (χ2v) is 6.57. The highest BCUT2D eigenvalue weighted by atomic mass is 32.2. The van der Waals surface area contributed by atoms with Gasteiger partial charge < -0.3 is 14.8 Å². The first-order valence-electron chi connectivity index (χ1n) is 7.05. The van der Waals surface area contributed by atoms with E-state index in [2.05, 4.69) is 5.32 Å². The fraction of sp³-hybridized carbons (Fsp3) is 0.267. The van der Waals surface area contributed by atoms with Crippen LogP contribution in [0, 0.1) is 0 Å². The maximum absolute atomic E-state index is 11.9. The highest BCUT2D eigenvalue weighted by Gasteiger charge is 2.23. The maximum atomic E-state index is 11.9. The first-order valence-corrected chi connectivity index (χ1v) is 8.59. The molecule has 0 atom stereocenters. The minimum Gasteiger partial charge on any atom is -0.478 e. The van der Waals surface area contributed by atoms with E-state index in [-0.39, 0.29) is 10.5 Å². The molecule has 0 radical (unpaired) electrons. The zero-order valence-electron chi connectivity index (χ0n) is 12.6. The molecule has 0 aliphatic heterocycles. The summed E-state index contributed by atoms with van der Waals surface area (Å²) in [5.74, 6) is -1.23. The number of unbranched alkanes of at least 4 members (excludes halogenated alkanes) is 1. The van der Waals surface area contributed by atoms with Gasteiger partial charge in [-0.1, -0.05) is 13.3 Å². The normalized spacial score (nSPS) is 11.4. The van der Waals surface area contributed by atoms with E-state index in [1.54, 1.807) is 6.07 Å². The Bertz CT molecular complexity index is 798. The summed E-state index contributed by atoms with van der Waals surface area (Å²) in [7, 11) is -4.11. The molecule has 0 bridgehead atoms. The van der Waals surface area contributed by atoms with Gasteiger partial charge in [0.25, 0.3) is 0 Å². The SMILES string of the molecule is CCCCNc1cc(C(=O)O)cc(S(N)(=O)=O)c1-c1ccoc1. The Labute approximate surface area is 134 Å². The number of hydrogen-bond acceptors (Lipinski definition) is 5. The monoisotopic (exact) mass is 338 g/mol. The van der Waals surface area contributed by atoms with Crippen LogP contribution in [0.15, 0.2) is 40.0 Å². The molecule has 0 spiro atoms. The molecule has 1 aromatic heterocycles. The van der Waals surface area contributed by atoms with Gasteiger partial charge >= 0.3 is 5.97 Å². The van der Waals surface area contributed by atoms with Gasteiger partial charge in [-0.05, 0) is 24.6 Å². The van der Waals surface area contributed by atoms with E-state index < -0.39 is 16.0 Å². The van der Waals surface area contributed by atoms with Gasteiger partial charge in [-0.2, -0.15) is 0 Å². The van der Waals surface area contributed by atoms with E-state index in [1.807, 2.05) is 6.92 Å². The summed E-state index contributed by atoms with van der Waals surface area (Å²) >= 11 is 0. The molecule has 0 fully saturated rings. The molecule has 0 unspecified atom stereocenters. The van der Waals surface area contributed by atoms with E-state index in [1.165, 1.54) is 18.6 Å². The van der Waals surface area contributed by atoms with Crippen molar-refractivity contribution in [3.05, 3.63) is 36.3 Å². The number of furan rings is 1. The molecular weight excluding hydrogens is 320 g/mol. The minimum absolute atomic E-state index is 0.153. The third kappa shape index (κ3) is 3.91. The van der Waals surface area contributed by atoms with E-state index in [9.17, 15) is 18.3 Å². The van der Waals surface area contributed by atoms with Crippen LogP contribution in [0.1, 0.15) is 30.1 Å². The number of nitrogens with one attached hydrogen (secondary N) is 1. The van der Waals surface area contributed by atoms with Gasteiger partial charge in [-0.3, -0.25) is 0 Å². The lowest BCUT2D eigenvalue weighted by atomic mass is 10.0. The average Bonchev–Trinajstić information content (AvgIpc) is 2.99. The van der Waals surface area contributed by atoms with Gasteiger partial charge in [-0.15, -0.1) is 0 Å². The van der Waals surface area contributed by atoms with Gasteiger partial charge in [-0.25, -0.2) is 18.4 Å². The molecule has 4 N–H and O–H groups in total. The van der Waals surface area contributed by atoms with Crippen molar-refractivity contribution in [1.29, 1.82) is 0 Å². The summed E-state index contributed by atoms with van der Waals surface area (Å²) in [5.41, 5.74) is 1.05. The predicted molar refractivity (Wildman–Crippen MR) is 85.9 cm³/mol. The Kier molecular flexibility index (Phi) is 5.07. The van der Waals surface area contributed by atoms with Gasteiger partial charge in [0.15, 0.2) is 0 Å². The molecular formula is C15H18N2O5S. The van der Waals surface area contributed by atoms with Crippen molar-refractivity contribution in [2.24, 2.45) is 5.14 Å². The Morgan fingerprint density at radius 2 is 2.13 bits per heavy atom. The third-order valence-corrected chi connectivity index (χ3v) is 4.25. The molecule has 1 heterocycles. The fourth-order valence-electron chi connectivity index (χ4n) is 2.21. The third-order valence-electron chi connectivity index (χ3n) is 3.31. The number of carboxylic acids is 1. The first-order chi connectivity index (χ1) is 10.8. The average molecular weight is 338 g/mol. The summed E-state index contributed by atoms with van der Waals surface area (Å²) in [4.78, 5) is 11.0. The molecule has 0 amide bonds. The molecule has 1 aromatic carbocycles. The number of carboxylic acid groups (broad SMARTS) is 1. The number of primary sulfonamides is 1. The Morgan fingerprint density at radius 1 is 1.39 bits per heavy atom. The second kappa shape index (κ2) is 6.84. The lowest BCUT2D eigenvalue weighted by Crippen LogP contribution is -2.16. The molecule has 0 aliphatic rings. The van der Waals surface area contributed by atoms with Crippen molar-refractivity contribution < 1.29 is 22.7 Å². The lowest BCUT2D eigenvalue weighted by Gasteiger charge is -2.15. The highest BCUT2D eigenvalue weighted by molar-refractivity contribution is 7.89. The van der Waals surface area contributed by atoms with Crippen LogP contribution >= 0.6 is 0 Å². The van der Waals surface area contributed by atoms with E-state index in [4.69, 9.17) is 9.56 Å². The van der Waals surface area contributed by atoms with Gasteiger partial charge in [0.2, 0.25) is 10.0 Å². The molecule has 2 rings (SSSR count). The number of aromatic carboxylic acids is 1. The van der Waals surface area contributed by atoms with Gasteiger partial charge in [0.05, 0.1) is 23.0 Å². The Morgan fingerprint density at radius 3 is 2.65 bits per heavy atom. The number of benzene rings is 1. The van der Waals surface area contributed by atoms with Gasteiger partial charge in [0.1, 0.15) is 0 Å². The van der Waals surface area contributed by atoms with Crippen molar-refractivity contribution >= 4 is 21.7 Å². The van der Waals surface area contributed by atoms with E-state index >= 15 is 0 Å². The van der Waals surface area contributed by atoms with Crippen LogP contribution in [0.3, 0.4) is 0 Å². The van der Waals surface area contributed by atoms with E-state index in [0.717, 1.165) is 18.9 Å². The molecule has 124 valence electrons. The molecule has 7 nitrogen and oxygen atoms in total. The second-order valence-electron chi connectivity index (χ2n) is 5.04. The number of sulfonamides is 1. The summed E-state index contributed by atoms with van der Waals surface area (Å²) in [6.07, 6.45) is 4.58. The molecule has 23 heavy (non-hydrogen) atoms. The number of hydrogen-bond donors (Lipinski definition) is 3. The molecule has 0 saturated heterocycles. The number of anilines is 1. The van der Waals surface area contributed by atoms with Crippen LogP contribution in [-0.4, -0.2) is 26.0 Å². The molecule has 2 aromatic rings. The van der Waals surface area contributed by atoms with Crippen LogP contribution in [0.25, 0.3) is 11.1 Å². The largest absolute Gasteiger partial charge is 0.478 e. The van der Waals surface area contributed by atoms with Crippen LogP contribution in [-0.2, 0) is 10.0 Å². The molecule has 0 saturated carbocycles. The van der Waals surface area contributed by atoms with Crippen molar-refractivity contribution in [3.8, 4) is 11.1 Å². The lowest BCUT2D eigenvalue weighted by molar-refractivity contribution is 0.0696. The Hall–Kier alpha value is -2.32. The molecule has 8 heteroatoms. The van der Waals surface area contributed by atoms with Crippen LogP contribution in [0.5, 0.6) is 0 Å². The quantitative estimate of drug-likeness (QED) is 0.667. The van der Waals surface area contributed by atoms with Crippen LogP contribution in [0.4, 0.5) is 5.69 Å². The van der Waals surface area contributed by atoms with Crippen molar-refractivity contribution in [3.63, 3.8) is 0 Å². The van der Waals surface area contributed by atoms with Crippen molar-refractivity contribution in [1.82, 2.24) is 0 Å². The molecule has 0 aliphatic carbocycles. The maximum Gasteiger partial charge on any atom is 0.335 e. The summed E-state index contributed by atoms with van der Waals surface area (Å²) < 4.78 is 28.9. The zero-order valence-corrected chi connectivity index (χ0v) is 13.4. The smallest absolute Gasteiger partial charge is 0.335 e. The number of carbonyl (C=O) groups is 1. The predicted octanol–water partition coefficient (Wildman–Crippen LogP) is 2.50. The van der Waals surface area contributed by atoms with Crippen molar-refractivity contribution in [2.75, 3.05) is 11.9 Å². The Balaban J connectivity index is 2.70. The topological polar surface area (TPSA) is 123 Å². The van der Waals surface area contributed by atoms with Gasteiger partial charge in [0, 0.05) is 23.4 Å².